The van der Waals surface area contributed by atoms with Crippen molar-refractivity contribution in [1.82, 2.24) is 15.0 Å². The monoisotopic (exact) mass is 350 g/mol. The summed E-state index contributed by atoms with van der Waals surface area (Å²) in [7, 11) is 0. The molecule has 0 atom stereocenters. The minimum Gasteiger partial charge on any atom is -0.360 e. The summed E-state index contributed by atoms with van der Waals surface area (Å²) in [6.45, 7) is 10.9. The third kappa shape index (κ3) is 6.16. The second-order valence-corrected chi connectivity index (χ2v) is 7.75. The molecule has 2 rings (SSSR count). The van der Waals surface area contributed by atoms with Gasteiger partial charge in [-0.25, -0.2) is 0 Å². The van der Waals surface area contributed by atoms with E-state index in [0.717, 1.165) is 19.6 Å². The first kappa shape index (κ1) is 19.4. The first-order chi connectivity index (χ1) is 11.8. The van der Waals surface area contributed by atoms with Gasteiger partial charge in [0.05, 0.1) is 6.54 Å². The Morgan fingerprint density at radius 2 is 1.96 bits per heavy atom. The maximum absolute atomic E-state index is 12.7. The molecule has 1 aromatic rings. The van der Waals surface area contributed by atoms with Crippen molar-refractivity contribution in [3.8, 4) is 0 Å². The standard InChI is InChI=1S/C18H30N4O3/c1-14-12-15(20-25-14)19-16(23)13-22(17(24)18(2,3)4)11-10-21-8-6-5-7-9-21/h12H,5-11,13H2,1-4H3,(H,19,20,23). The van der Waals surface area contributed by atoms with Crippen LogP contribution in [0.2, 0.25) is 0 Å². The van der Waals surface area contributed by atoms with E-state index in [1.54, 1.807) is 17.9 Å². The van der Waals surface area contributed by atoms with Gasteiger partial charge in [0.2, 0.25) is 11.8 Å². The van der Waals surface area contributed by atoms with Crippen LogP contribution in [0.5, 0.6) is 0 Å². The first-order valence-corrected chi connectivity index (χ1v) is 9.00. The van der Waals surface area contributed by atoms with Gasteiger partial charge in [0.25, 0.3) is 0 Å². The Balaban J connectivity index is 1.95. The largest absolute Gasteiger partial charge is 0.360 e. The van der Waals surface area contributed by atoms with E-state index in [4.69, 9.17) is 4.52 Å². The van der Waals surface area contributed by atoms with Gasteiger partial charge in [0, 0.05) is 24.6 Å². The van der Waals surface area contributed by atoms with Crippen LogP contribution in [-0.4, -0.2) is 59.5 Å². The fraction of sp³-hybridized carbons (Fsp3) is 0.722. The number of nitrogens with one attached hydrogen (secondary N) is 1. The predicted octanol–water partition coefficient (Wildman–Crippen LogP) is 2.28. The smallest absolute Gasteiger partial charge is 0.245 e. The van der Waals surface area contributed by atoms with Gasteiger partial charge in [0.15, 0.2) is 5.82 Å². The van der Waals surface area contributed by atoms with Crippen LogP contribution in [-0.2, 0) is 9.59 Å². The number of aryl methyl sites for hydroxylation is 1. The third-order valence-electron chi connectivity index (χ3n) is 4.29. The molecule has 0 unspecified atom stereocenters. The molecular weight excluding hydrogens is 320 g/mol. The summed E-state index contributed by atoms with van der Waals surface area (Å²) in [5, 5.41) is 6.44. The molecule has 1 aliphatic rings. The van der Waals surface area contributed by atoms with Crippen molar-refractivity contribution in [1.29, 1.82) is 0 Å². The summed E-state index contributed by atoms with van der Waals surface area (Å²) in [6.07, 6.45) is 3.69. The van der Waals surface area contributed by atoms with E-state index in [1.165, 1.54) is 19.3 Å². The Morgan fingerprint density at radius 1 is 1.28 bits per heavy atom. The number of anilines is 1. The number of rotatable bonds is 6. The Kier molecular flexibility index (Phi) is 6.58. The summed E-state index contributed by atoms with van der Waals surface area (Å²) in [5.74, 6) is 0.727. The molecule has 0 spiro atoms. The minimum absolute atomic E-state index is 0.0176. The zero-order valence-electron chi connectivity index (χ0n) is 15.8. The van der Waals surface area contributed by atoms with Gasteiger partial charge < -0.3 is 19.6 Å². The van der Waals surface area contributed by atoms with Gasteiger partial charge >= 0.3 is 0 Å². The van der Waals surface area contributed by atoms with Crippen LogP contribution in [0.3, 0.4) is 0 Å². The van der Waals surface area contributed by atoms with Crippen molar-refractivity contribution in [3.05, 3.63) is 11.8 Å². The fourth-order valence-electron chi connectivity index (χ4n) is 2.95. The minimum atomic E-state index is -0.521. The van der Waals surface area contributed by atoms with Crippen LogP contribution in [0.25, 0.3) is 0 Å². The maximum Gasteiger partial charge on any atom is 0.245 e. The lowest BCUT2D eigenvalue weighted by molar-refractivity contribution is -0.142. The molecule has 1 saturated heterocycles. The Hall–Kier alpha value is -1.89. The molecule has 0 saturated carbocycles. The number of amides is 2. The number of likely N-dealkylation sites (tertiary alicyclic amines) is 1. The molecular formula is C18H30N4O3. The molecule has 2 heterocycles. The Bertz CT molecular complexity index is 585. The maximum atomic E-state index is 12.7. The molecule has 7 nitrogen and oxygen atoms in total. The van der Waals surface area contributed by atoms with E-state index in [0.29, 0.717) is 18.1 Å². The average Bonchev–Trinajstić information content (AvgIpc) is 2.95. The van der Waals surface area contributed by atoms with Crippen molar-refractivity contribution >= 4 is 17.6 Å². The van der Waals surface area contributed by atoms with Gasteiger partial charge in [-0.15, -0.1) is 0 Å². The van der Waals surface area contributed by atoms with Gasteiger partial charge in [-0.2, -0.15) is 0 Å². The second-order valence-electron chi connectivity index (χ2n) is 7.75. The van der Waals surface area contributed by atoms with E-state index in [9.17, 15) is 9.59 Å². The van der Waals surface area contributed by atoms with E-state index in [1.807, 2.05) is 20.8 Å². The van der Waals surface area contributed by atoms with Crippen molar-refractivity contribution in [2.45, 2.75) is 47.0 Å². The second kappa shape index (κ2) is 8.47. The van der Waals surface area contributed by atoms with Gasteiger partial charge in [0.1, 0.15) is 5.76 Å². The van der Waals surface area contributed by atoms with Crippen LogP contribution < -0.4 is 5.32 Å². The predicted molar refractivity (Wildman–Crippen MR) is 96.2 cm³/mol. The molecule has 0 bridgehead atoms. The number of nitrogens with zero attached hydrogens (tertiary/aromatic N) is 3. The number of aromatic nitrogens is 1. The van der Waals surface area contributed by atoms with Crippen LogP contribution >= 0.6 is 0 Å². The number of carbonyl (C=O) groups is 2. The van der Waals surface area contributed by atoms with Gasteiger partial charge in [-0.05, 0) is 32.9 Å². The van der Waals surface area contributed by atoms with Crippen molar-refractivity contribution < 1.29 is 14.1 Å². The summed E-state index contributed by atoms with van der Waals surface area (Å²) in [6, 6.07) is 1.65. The molecule has 140 valence electrons. The number of piperidine rings is 1. The lowest BCUT2D eigenvalue weighted by Gasteiger charge is -2.32. The molecule has 1 fully saturated rings. The highest BCUT2D eigenvalue weighted by Crippen LogP contribution is 2.18. The molecule has 7 heteroatoms. The molecule has 1 aliphatic heterocycles. The molecule has 1 N–H and O–H groups in total. The number of carbonyl (C=O) groups excluding carboxylic acids is 2. The van der Waals surface area contributed by atoms with E-state index >= 15 is 0 Å². The third-order valence-corrected chi connectivity index (χ3v) is 4.29. The van der Waals surface area contributed by atoms with Crippen LogP contribution in [0.1, 0.15) is 45.8 Å². The molecule has 25 heavy (non-hydrogen) atoms. The van der Waals surface area contributed by atoms with Crippen molar-refractivity contribution in [2.75, 3.05) is 38.0 Å². The summed E-state index contributed by atoms with van der Waals surface area (Å²) < 4.78 is 4.95. The number of hydrogen-bond acceptors (Lipinski definition) is 5. The summed E-state index contributed by atoms with van der Waals surface area (Å²) in [5.41, 5.74) is -0.521. The quantitative estimate of drug-likeness (QED) is 0.851. The highest BCUT2D eigenvalue weighted by molar-refractivity contribution is 5.94. The lowest BCUT2D eigenvalue weighted by atomic mass is 9.94. The topological polar surface area (TPSA) is 78.7 Å². The van der Waals surface area contributed by atoms with Crippen LogP contribution in [0, 0.1) is 12.3 Å². The highest BCUT2D eigenvalue weighted by atomic mass is 16.5. The Morgan fingerprint density at radius 3 is 2.52 bits per heavy atom. The van der Waals surface area contributed by atoms with E-state index < -0.39 is 5.41 Å². The SMILES string of the molecule is Cc1cc(NC(=O)CN(CCN2CCCCC2)C(=O)C(C)(C)C)no1. The lowest BCUT2D eigenvalue weighted by Crippen LogP contribution is -2.47. The van der Waals surface area contributed by atoms with Crippen LogP contribution in [0.15, 0.2) is 10.6 Å². The normalized spacial score (nSPS) is 15.8. The molecule has 2 amide bonds. The zero-order chi connectivity index (χ0) is 18.4. The van der Waals surface area contributed by atoms with Gasteiger partial charge in [-0.3, -0.25) is 9.59 Å². The average molecular weight is 350 g/mol. The van der Waals surface area contributed by atoms with Gasteiger partial charge in [-0.1, -0.05) is 32.3 Å². The van der Waals surface area contributed by atoms with E-state index in [-0.39, 0.29) is 18.4 Å². The summed E-state index contributed by atoms with van der Waals surface area (Å²) in [4.78, 5) is 29.1. The van der Waals surface area contributed by atoms with Crippen molar-refractivity contribution in [3.63, 3.8) is 0 Å². The molecule has 0 radical (unpaired) electrons. The van der Waals surface area contributed by atoms with Crippen LogP contribution in [0.4, 0.5) is 5.82 Å². The molecule has 0 aromatic carbocycles. The molecule has 0 aliphatic carbocycles. The van der Waals surface area contributed by atoms with E-state index in [2.05, 4.69) is 15.4 Å². The van der Waals surface area contributed by atoms with Crippen molar-refractivity contribution in [2.24, 2.45) is 5.41 Å². The first-order valence-electron chi connectivity index (χ1n) is 9.00. The number of hydrogen-bond donors (Lipinski definition) is 1. The zero-order valence-corrected chi connectivity index (χ0v) is 15.8. The highest BCUT2D eigenvalue weighted by Gasteiger charge is 2.29. The molecule has 1 aromatic heterocycles. The Labute approximate surface area is 149 Å². The fourth-order valence-corrected chi connectivity index (χ4v) is 2.95. The summed E-state index contributed by atoms with van der Waals surface area (Å²) >= 11 is 0.